The van der Waals surface area contributed by atoms with E-state index >= 15 is 0 Å². The van der Waals surface area contributed by atoms with Crippen LogP contribution in [0.15, 0.2) is 0 Å². The molecule has 1 fully saturated rings. The van der Waals surface area contributed by atoms with Crippen molar-refractivity contribution in [2.24, 2.45) is 0 Å². The van der Waals surface area contributed by atoms with Gasteiger partial charge in [-0.2, -0.15) is 6.61 Å². The van der Waals surface area contributed by atoms with Crippen LogP contribution in [0.4, 0.5) is 0 Å². The van der Waals surface area contributed by atoms with Gasteiger partial charge in [0.05, 0.1) is 18.8 Å². The van der Waals surface area contributed by atoms with E-state index in [0.29, 0.717) is 13.0 Å². The quantitative estimate of drug-likeness (QED) is 0.300. The summed E-state index contributed by atoms with van der Waals surface area (Å²) in [5.74, 6) is -0.303. The summed E-state index contributed by atoms with van der Waals surface area (Å²) in [5.41, 5.74) is 0. The maximum absolute atomic E-state index is 11.6. The summed E-state index contributed by atoms with van der Waals surface area (Å²) in [6.07, 6.45) is -0.419. The molecule has 3 N–H and O–H groups in total. The summed E-state index contributed by atoms with van der Waals surface area (Å²) >= 11 is 0. The molecule has 0 radical (unpaired) electrons. The normalized spacial score (nSPS) is 24.9. The van der Waals surface area contributed by atoms with Crippen molar-refractivity contribution >= 4 is 11.8 Å². The number of nitrogens with one attached hydrogen (secondary N) is 2. The Morgan fingerprint density at radius 2 is 2.15 bits per heavy atom. The van der Waals surface area contributed by atoms with Gasteiger partial charge in [0.2, 0.25) is 11.8 Å². The third-order valence-corrected chi connectivity index (χ3v) is 2.76. The Bertz CT molecular complexity index is 316. The summed E-state index contributed by atoms with van der Waals surface area (Å²) < 4.78 is 10.1. The van der Waals surface area contributed by atoms with E-state index in [2.05, 4.69) is 10.6 Å². The smallest absolute Gasteiger partial charge is 0.218 e. The van der Waals surface area contributed by atoms with Crippen LogP contribution in [-0.2, 0) is 19.1 Å². The zero-order valence-electron chi connectivity index (χ0n) is 11.7. The van der Waals surface area contributed by atoms with Gasteiger partial charge >= 0.3 is 0 Å². The molecule has 0 aromatic heterocycles. The van der Waals surface area contributed by atoms with Crippen molar-refractivity contribution in [1.82, 2.24) is 10.6 Å². The van der Waals surface area contributed by atoms with Crippen LogP contribution < -0.4 is 10.6 Å². The van der Waals surface area contributed by atoms with E-state index in [-0.39, 0.29) is 56.0 Å². The molecule has 0 aromatic rings. The van der Waals surface area contributed by atoms with E-state index in [1.165, 1.54) is 20.6 Å². The molecule has 0 aromatic carbocycles. The Morgan fingerprint density at radius 3 is 2.75 bits per heavy atom. The molecule has 0 spiro atoms. The fourth-order valence-corrected chi connectivity index (χ4v) is 1.77. The molecule has 114 valence electrons. The van der Waals surface area contributed by atoms with Crippen molar-refractivity contribution in [3.63, 3.8) is 0 Å². The first-order valence-electron chi connectivity index (χ1n) is 6.24. The number of hydrogen-bond acceptors (Lipinski definition) is 5. The number of hydrogen-bond donors (Lipinski definition) is 3. The standard InChI is InChI=1S/C12H21N2O5.U/c1-8(15)13-5-3-4-11(16)14-9-6-19-10(7-18-2)12(9)17;/h6,9-10,12,17H,3-5,7H2,1-2H3,(H,13,15)(H,14,16);/q-1;. The Labute approximate surface area is 142 Å². The van der Waals surface area contributed by atoms with Gasteiger partial charge in [0.25, 0.3) is 0 Å². The van der Waals surface area contributed by atoms with E-state index in [1.807, 2.05) is 0 Å². The van der Waals surface area contributed by atoms with Crippen molar-refractivity contribution in [2.45, 2.75) is 38.0 Å². The van der Waals surface area contributed by atoms with Gasteiger partial charge in [-0.25, -0.2) is 0 Å². The summed E-state index contributed by atoms with van der Waals surface area (Å²) in [5, 5.41) is 15.1. The van der Waals surface area contributed by atoms with Gasteiger partial charge in [0.15, 0.2) is 0 Å². The van der Waals surface area contributed by atoms with Gasteiger partial charge in [0.1, 0.15) is 0 Å². The van der Waals surface area contributed by atoms with Crippen LogP contribution in [-0.4, -0.2) is 55.4 Å². The number of aliphatic hydroxyl groups excluding tert-OH is 1. The Kier molecular flexibility index (Phi) is 10.5. The fraction of sp³-hybridized carbons (Fsp3) is 0.750. The minimum atomic E-state index is -0.806. The predicted octanol–water partition coefficient (Wildman–Crippen LogP) is -1.04. The van der Waals surface area contributed by atoms with Crippen LogP contribution in [0.1, 0.15) is 19.8 Å². The number of carbonyl (C=O) groups is 2. The summed E-state index contributed by atoms with van der Waals surface area (Å²) in [7, 11) is 1.52. The average Bonchev–Trinajstić information content (AvgIpc) is 2.68. The predicted molar refractivity (Wildman–Crippen MR) is 66.9 cm³/mol. The largest absolute Gasteiger partial charge is 0.544 e. The minimum absolute atomic E-state index is 0. The summed E-state index contributed by atoms with van der Waals surface area (Å²) in [4.78, 5) is 22.2. The van der Waals surface area contributed by atoms with Crippen LogP contribution in [0.2, 0.25) is 0 Å². The van der Waals surface area contributed by atoms with Gasteiger partial charge in [-0.3, -0.25) is 9.59 Å². The first-order valence-corrected chi connectivity index (χ1v) is 6.24. The molecule has 1 rings (SSSR count). The van der Waals surface area contributed by atoms with Crippen LogP contribution in [0.3, 0.4) is 0 Å². The number of carbonyl (C=O) groups excluding carboxylic acids is 2. The van der Waals surface area contributed by atoms with Crippen LogP contribution in [0.25, 0.3) is 0 Å². The molecule has 7 nitrogen and oxygen atoms in total. The number of ether oxygens (including phenoxy) is 2. The Hall–Kier alpha value is -0.128. The first-order chi connectivity index (χ1) is 9.04. The SMILES string of the molecule is COCC1O[CH-]C(NC(=O)CCCNC(C)=O)C1O.[U]. The molecular weight excluding hydrogens is 490 g/mol. The molecule has 1 heterocycles. The number of methoxy groups -OCH3 is 1. The Morgan fingerprint density at radius 1 is 1.45 bits per heavy atom. The van der Waals surface area contributed by atoms with Crippen molar-refractivity contribution in [2.75, 3.05) is 20.3 Å². The third-order valence-electron chi connectivity index (χ3n) is 2.76. The van der Waals surface area contributed by atoms with E-state index in [9.17, 15) is 14.7 Å². The van der Waals surface area contributed by atoms with Crippen molar-refractivity contribution in [3.8, 4) is 0 Å². The summed E-state index contributed by atoms with van der Waals surface area (Å²) in [6.45, 7) is 3.58. The molecule has 3 unspecified atom stereocenters. The number of amides is 2. The zero-order valence-corrected chi connectivity index (χ0v) is 15.9. The van der Waals surface area contributed by atoms with Gasteiger partial charge in [-0.05, 0) is 12.5 Å². The molecule has 8 heteroatoms. The van der Waals surface area contributed by atoms with Crippen molar-refractivity contribution in [3.05, 3.63) is 6.61 Å². The summed E-state index contributed by atoms with van der Waals surface area (Å²) in [6, 6.07) is -0.520. The van der Waals surface area contributed by atoms with Crippen LogP contribution in [0.5, 0.6) is 0 Å². The topological polar surface area (TPSA) is 96.9 Å². The molecule has 0 bridgehead atoms. The third kappa shape index (κ3) is 7.05. The van der Waals surface area contributed by atoms with E-state index in [1.54, 1.807) is 0 Å². The molecule has 1 saturated heterocycles. The second-order valence-electron chi connectivity index (χ2n) is 4.44. The Balaban J connectivity index is 0.00000361. The van der Waals surface area contributed by atoms with Gasteiger partial charge in [-0.15, -0.1) is 0 Å². The van der Waals surface area contributed by atoms with E-state index < -0.39 is 18.2 Å². The molecule has 0 aliphatic carbocycles. The zero-order chi connectivity index (χ0) is 14.3. The fourth-order valence-electron chi connectivity index (χ4n) is 1.77. The minimum Gasteiger partial charge on any atom is -0.544 e. The molecule has 2 amide bonds. The maximum atomic E-state index is 11.6. The second kappa shape index (κ2) is 10.6. The molecule has 20 heavy (non-hydrogen) atoms. The average molecular weight is 511 g/mol. The second-order valence-corrected chi connectivity index (χ2v) is 4.44. The maximum Gasteiger partial charge on any atom is 0.218 e. The van der Waals surface area contributed by atoms with Gasteiger partial charge in [-0.1, -0.05) is 0 Å². The van der Waals surface area contributed by atoms with Gasteiger partial charge in [0, 0.05) is 58.1 Å². The molecule has 1 aliphatic heterocycles. The van der Waals surface area contributed by atoms with E-state index in [0.717, 1.165) is 0 Å². The van der Waals surface area contributed by atoms with Crippen LogP contribution in [0, 0.1) is 37.7 Å². The monoisotopic (exact) mass is 511 g/mol. The molecular formula is C12H21N2O5U-. The van der Waals surface area contributed by atoms with Gasteiger partial charge < -0.3 is 25.2 Å². The number of rotatable bonds is 7. The van der Waals surface area contributed by atoms with Crippen molar-refractivity contribution in [1.29, 1.82) is 0 Å². The molecule has 0 saturated carbocycles. The molecule has 3 atom stereocenters. The van der Waals surface area contributed by atoms with Crippen molar-refractivity contribution < 1.29 is 55.3 Å². The van der Waals surface area contributed by atoms with Crippen LogP contribution >= 0.6 is 0 Å². The molecule has 1 aliphatic rings. The number of aliphatic hydroxyl groups is 1. The van der Waals surface area contributed by atoms with E-state index in [4.69, 9.17) is 9.47 Å². The first kappa shape index (κ1) is 19.9.